The van der Waals surface area contributed by atoms with Crippen molar-refractivity contribution in [2.75, 3.05) is 12.3 Å². The zero-order valence-electron chi connectivity index (χ0n) is 10.6. The summed E-state index contributed by atoms with van der Waals surface area (Å²) in [7, 11) is 0. The van der Waals surface area contributed by atoms with Crippen molar-refractivity contribution < 1.29 is 14.7 Å². The Morgan fingerprint density at radius 3 is 3.05 bits per heavy atom. The van der Waals surface area contributed by atoms with Gasteiger partial charge in [0, 0.05) is 24.1 Å². The average molecular weight is 339 g/mol. The Bertz CT molecular complexity index is 677. The van der Waals surface area contributed by atoms with Gasteiger partial charge in [-0.05, 0) is 0 Å². The van der Waals surface area contributed by atoms with Gasteiger partial charge in [0.1, 0.15) is 15.9 Å². The number of fused-ring (bicyclic) bond motifs is 1. The Hall–Kier alpha value is -1.45. The van der Waals surface area contributed by atoms with Crippen molar-refractivity contribution in [3.63, 3.8) is 0 Å². The van der Waals surface area contributed by atoms with Crippen LogP contribution in [0.3, 0.4) is 0 Å². The van der Waals surface area contributed by atoms with Crippen molar-refractivity contribution in [3.8, 4) is 0 Å². The molecule has 1 aromatic rings. The minimum atomic E-state index is -1.08. The highest BCUT2D eigenvalue weighted by atomic mass is 32.2. The maximum Gasteiger partial charge on any atom is 0.323 e. The number of carboxylic acids is 1. The number of thiocarbonyl (C=S) groups is 1. The van der Waals surface area contributed by atoms with Gasteiger partial charge in [0.2, 0.25) is 0 Å². The van der Waals surface area contributed by atoms with Crippen LogP contribution in [0.25, 0.3) is 0 Å². The number of carboxylic acid groups (broad SMARTS) is 1. The fourth-order valence-corrected chi connectivity index (χ4v) is 4.42. The number of hydrogen-bond acceptors (Lipinski definition) is 7. The van der Waals surface area contributed by atoms with Crippen LogP contribution in [-0.2, 0) is 9.59 Å². The molecular weight excluding hydrogens is 330 g/mol. The lowest BCUT2D eigenvalue weighted by Crippen LogP contribution is -2.33. The van der Waals surface area contributed by atoms with E-state index in [4.69, 9.17) is 17.3 Å². The summed E-state index contributed by atoms with van der Waals surface area (Å²) in [5, 5.41) is 9.68. The quantitative estimate of drug-likeness (QED) is 0.655. The summed E-state index contributed by atoms with van der Waals surface area (Å²) < 4.78 is 0.277. The number of carbonyl (C=O) groups excluding carboxylic acids is 1. The van der Waals surface area contributed by atoms with Gasteiger partial charge in [-0.1, -0.05) is 30.1 Å². The van der Waals surface area contributed by atoms with E-state index in [1.807, 2.05) is 6.08 Å². The molecule has 1 unspecified atom stereocenters. The van der Waals surface area contributed by atoms with E-state index in [1.165, 1.54) is 0 Å². The minimum Gasteiger partial charge on any atom is -0.480 e. The standard InChI is InChI=1S/C12H9N3O3S3/c16-8(17)4-15-11(18)7(21-12(15)19)3-6-5-20-10-9(6)13-1-2-14-10/h1-3,6H,4-5H2,(H,16,17)/b7-3+. The fourth-order valence-electron chi connectivity index (χ4n) is 2.04. The number of aromatic nitrogens is 2. The molecule has 0 aromatic carbocycles. The largest absolute Gasteiger partial charge is 0.480 e. The molecular formula is C12H9N3O3S3. The molecule has 1 saturated heterocycles. The third kappa shape index (κ3) is 2.81. The first-order valence-electron chi connectivity index (χ1n) is 5.97. The molecule has 1 fully saturated rings. The van der Waals surface area contributed by atoms with E-state index in [0.29, 0.717) is 4.91 Å². The van der Waals surface area contributed by atoms with Gasteiger partial charge in [-0.2, -0.15) is 0 Å². The third-order valence-corrected chi connectivity index (χ3v) is 5.47. The summed E-state index contributed by atoms with van der Waals surface area (Å²) >= 11 is 7.79. The fraction of sp³-hybridized carbons (Fsp3) is 0.250. The smallest absolute Gasteiger partial charge is 0.323 e. The first-order valence-corrected chi connectivity index (χ1v) is 8.18. The molecule has 1 N–H and O–H groups in total. The Kier molecular flexibility index (Phi) is 3.96. The van der Waals surface area contributed by atoms with E-state index in [9.17, 15) is 9.59 Å². The van der Waals surface area contributed by atoms with Gasteiger partial charge in [0.25, 0.3) is 5.91 Å². The number of thioether (sulfide) groups is 2. The number of aliphatic carboxylic acids is 1. The second-order valence-electron chi connectivity index (χ2n) is 4.35. The molecule has 1 amide bonds. The molecule has 0 spiro atoms. The molecule has 108 valence electrons. The Balaban J connectivity index is 1.84. The number of nitrogens with zero attached hydrogens (tertiary/aromatic N) is 3. The SMILES string of the molecule is O=C(O)CN1C(=O)/C(=C\C2CSc3nccnc32)SC1=S. The van der Waals surface area contributed by atoms with Gasteiger partial charge in [0.15, 0.2) is 0 Å². The van der Waals surface area contributed by atoms with Crippen LogP contribution in [0.2, 0.25) is 0 Å². The third-order valence-electron chi connectivity index (χ3n) is 2.96. The highest BCUT2D eigenvalue weighted by molar-refractivity contribution is 8.26. The van der Waals surface area contributed by atoms with Crippen molar-refractivity contribution in [2.24, 2.45) is 0 Å². The summed E-state index contributed by atoms with van der Waals surface area (Å²) in [6, 6.07) is 0. The lowest BCUT2D eigenvalue weighted by molar-refractivity contribution is -0.140. The van der Waals surface area contributed by atoms with Crippen LogP contribution in [0.15, 0.2) is 28.4 Å². The summed E-state index contributed by atoms with van der Waals surface area (Å²) in [6.07, 6.45) is 5.08. The second-order valence-corrected chi connectivity index (χ2v) is 7.03. The van der Waals surface area contributed by atoms with Crippen LogP contribution >= 0.6 is 35.7 Å². The van der Waals surface area contributed by atoms with E-state index >= 15 is 0 Å². The monoisotopic (exact) mass is 339 g/mol. The first kappa shape index (κ1) is 14.5. The van der Waals surface area contributed by atoms with Gasteiger partial charge in [0.05, 0.1) is 10.6 Å². The summed E-state index contributed by atoms with van der Waals surface area (Å²) in [5.74, 6) is -0.671. The van der Waals surface area contributed by atoms with Crippen LogP contribution in [0.5, 0.6) is 0 Å². The predicted octanol–water partition coefficient (Wildman–Crippen LogP) is 1.49. The molecule has 2 aliphatic heterocycles. The molecule has 0 aliphatic carbocycles. The summed E-state index contributed by atoms with van der Waals surface area (Å²) in [5.41, 5.74) is 0.853. The average Bonchev–Trinajstić information content (AvgIpc) is 2.96. The number of carbonyl (C=O) groups is 2. The van der Waals surface area contributed by atoms with E-state index in [1.54, 1.807) is 24.2 Å². The Labute approximate surface area is 134 Å². The molecule has 0 bridgehead atoms. The van der Waals surface area contributed by atoms with Gasteiger partial charge in [-0.25, -0.2) is 4.98 Å². The summed E-state index contributed by atoms with van der Waals surface area (Å²) in [6.45, 7) is -0.405. The van der Waals surface area contributed by atoms with E-state index in [-0.39, 0.29) is 16.1 Å². The Morgan fingerprint density at radius 1 is 1.52 bits per heavy atom. The maximum atomic E-state index is 12.2. The number of amides is 1. The van der Waals surface area contributed by atoms with Crippen LogP contribution in [0.1, 0.15) is 11.6 Å². The predicted molar refractivity (Wildman–Crippen MR) is 83.1 cm³/mol. The van der Waals surface area contributed by atoms with E-state index in [0.717, 1.165) is 33.1 Å². The van der Waals surface area contributed by atoms with Gasteiger partial charge in [-0.3, -0.25) is 19.5 Å². The molecule has 3 rings (SSSR count). The zero-order valence-corrected chi connectivity index (χ0v) is 13.0. The molecule has 1 atom stereocenters. The van der Waals surface area contributed by atoms with E-state index < -0.39 is 12.5 Å². The minimum absolute atomic E-state index is 0.00210. The number of allylic oxidation sites excluding steroid dienone is 1. The highest BCUT2D eigenvalue weighted by Crippen LogP contribution is 2.40. The summed E-state index contributed by atoms with van der Waals surface area (Å²) in [4.78, 5) is 33.1. The topological polar surface area (TPSA) is 83.4 Å². The normalized spacial score (nSPS) is 23.0. The molecule has 21 heavy (non-hydrogen) atoms. The number of rotatable bonds is 3. The zero-order chi connectivity index (χ0) is 15.0. The lowest BCUT2D eigenvalue weighted by atomic mass is 10.1. The van der Waals surface area contributed by atoms with Crippen molar-refractivity contribution in [3.05, 3.63) is 29.1 Å². The van der Waals surface area contributed by atoms with Crippen LogP contribution in [0.4, 0.5) is 0 Å². The van der Waals surface area contributed by atoms with Crippen molar-refractivity contribution >= 4 is 51.9 Å². The molecule has 6 nitrogen and oxygen atoms in total. The molecule has 2 aliphatic rings. The first-order chi connectivity index (χ1) is 10.1. The van der Waals surface area contributed by atoms with Crippen molar-refractivity contribution in [2.45, 2.75) is 10.9 Å². The molecule has 1 aromatic heterocycles. The Morgan fingerprint density at radius 2 is 2.29 bits per heavy atom. The van der Waals surface area contributed by atoms with Crippen LogP contribution in [0, 0.1) is 0 Å². The lowest BCUT2D eigenvalue weighted by Gasteiger charge is -2.10. The molecule has 3 heterocycles. The number of hydrogen-bond donors (Lipinski definition) is 1. The van der Waals surface area contributed by atoms with Crippen LogP contribution in [-0.4, -0.2) is 48.5 Å². The molecule has 0 saturated carbocycles. The second kappa shape index (κ2) is 5.74. The molecule has 0 radical (unpaired) electrons. The van der Waals surface area contributed by atoms with Gasteiger partial charge in [-0.15, -0.1) is 11.8 Å². The van der Waals surface area contributed by atoms with Gasteiger partial charge < -0.3 is 5.11 Å². The van der Waals surface area contributed by atoms with Gasteiger partial charge >= 0.3 is 5.97 Å². The highest BCUT2D eigenvalue weighted by Gasteiger charge is 2.35. The van der Waals surface area contributed by atoms with Crippen molar-refractivity contribution in [1.29, 1.82) is 0 Å². The molecule has 9 heteroatoms. The maximum absolute atomic E-state index is 12.2. The van der Waals surface area contributed by atoms with E-state index in [2.05, 4.69) is 9.97 Å². The van der Waals surface area contributed by atoms with Crippen molar-refractivity contribution in [1.82, 2.24) is 14.9 Å². The van der Waals surface area contributed by atoms with Crippen LogP contribution < -0.4 is 0 Å².